The molecule has 1 aliphatic heterocycles. The molecule has 1 saturated heterocycles. The van der Waals surface area contributed by atoms with Crippen LogP contribution in [0.5, 0.6) is 0 Å². The van der Waals surface area contributed by atoms with Crippen LogP contribution in [0.3, 0.4) is 0 Å². The first-order valence-corrected chi connectivity index (χ1v) is 5.73. The highest BCUT2D eigenvalue weighted by Crippen LogP contribution is 2.16. The first-order valence-electron chi connectivity index (χ1n) is 5.73. The van der Waals surface area contributed by atoms with Crippen molar-refractivity contribution in [1.82, 2.24) is 10.2 Å². The van der Waals surface area contributed by atoms with E-state index < -0.39 is 5.54 Å². The van der Waals surface area contributed by atoms with Gasteiger partial charge in [-0.25, -0.2) is 4.39 Å². The molecule has 2 rings (SSSR count). The minimum absolute atomic E-state index is 0.0127. The Morgan fingerprint density at radius 3 is 2.78 bits per heavy atom. The average Bonchev–Trinajstić information content (AvgIpc) is 2.24. The van der Waals surface area contributed by atoms with E-state index >= 15 is 0 Å². The van der Waals surface area contributed by atoms with Gasteiger partial charge < -0.3 is 10.2 Å². The Morgan fingerprint density at radius 2 is 2.11 bits per heavy atom. The maximum Gasteiger partial charge on any atom is 0.248 e. The molecule has 0 unspecified atom stereocenters. The number of carbonyl (C=O) groups excluding carboxylic acids is 2. The van der Waals surface area contributed by atoms with E-state index in [1.807, 2.05) is 0 Å². The molecule has 1 aromatic rings. The zero-order valence-electron chi connectivity index (χ0n) is 10.4. The van der Waals surface area contributed by atoms with Gasteiger partial charge in [0, 0.05) is 6.54 Å². The van der Waals surface area contributed by atoms with Crippen LogP contribution in [0.2, 0.25) is 0 Å². The molecule has 1 N–H and O–H groups in total. The number of piperazine rings is 1. The van der Waals surface area contributed by atoms with E-state index in [4.69, 9.17) is 0 Å². The van der Waals surface area contributed by atoms with E-state index in [1.165, 1.54) is 17.0 Å². The van der Waals surface area contributed by atoms with Crippen LogP contribution in [0.25, 0.3) is 0 Å². The summed E-state index contributed by atoms with van der Waals surface area (Å²) in [6, 6.07) is 6.03. The fraction of sp³-hybridized carbons (Fsp3) is 0.385. The third kappa shape index (κ3) is 2.50. The number of rotatable bonds is 2. The normalized spacial score (nSPS) is 18.7. The van der Waals surface area contributed by atoms with Gasteiger partial charge in [0.05, 0.1) is 6.54 Å². The Bertz CT molecular complexity index is 500. The molecular weight excluding hydrogens is 235 g/mol. The molecule has 5 heteroatoms. The van der Waals surface area contributed by atoms with Gasteiger partial charge in [-0.3, -0.25) is 9.59 Å². The van der Waals surface area contributed by atoms with E-state index in [1.54, 1.807) is 26.0 Å². The first kappa shape index (κ1) is 12.5. The summed E-state index contributed by atoms with van der Waals surface area (Å²) >= 11 is 0. The Morgan fingerprint density at radius 1 is 1.39 bits per heavy atom. The molecule has 18 heavy (non-hydrogen) atoms. The number of hydrogen-bond acceptors (Lipinski definition) is 2. The molecule has 1 aromatic carbocycles. The van der Waals surface area contributed by atoms with Gasteiger partial charge in [-0.05, 0) is 31.5 Å². The number of nitrogens with one attached hydrogen (secondary N) is 1. The standard InChI is InChI=1S/C13H15FN2O2/c1-13(2)12(18)16(8-11(17)15-13)7-9-4-3-5-10(14)6-9/h3-6H,7-8H2,1-2H3,(H,15,17). The predicted molar refractivity (Wildman–Crippen MR) is 64.0 cm³/mol. The van der Waals surface area contributed by atoms with E-state index in [2.05, 4.69) is 5.32 Å². The van der Waals surface area contributed by atoms with Gasteiger partial charge in [-0.2, -0.15) is 0 Å². The highest BCUT2D eigenvalue weighted by atomic mass is 19.1. The fourth-order valence-electron chi connectivity index (χ4n) is 2.07. The summed E-state index contributed by atoms with van der Waals surface area (Å²) in [5.74, 6) is -0.706. The second kappa shape index (κ2) is 4.40. The third-order valence-electron chi connectivity index (χ3n) is 2.87. The second-order valence-electron chi connectivity index (χ2n) is 4.96. The molecule has 0 aromatic heterocycles. The zero-order chi connectivity index (χ0) is 13.3. The van der Waals surface area contributed by atoms with Crippen molar-refractivity contribution in [1.29, 1.82) is 0 Å². The summed E-state index contributed by atoms with van der Waals surface area (Å²) in [6.45, 7) is 3.57. The summed E-state index contributed by atoms with van der Waals surface area (Å²) in [6.07, 6.45) is 0. The van der Waals surface area contributed by atoms with Crippen LogP contribution in [-0.2, 0) is 16.1 Å². The van der Waals surface area contributed by atoms with E-state index in [0.717, 1.165) is 0 Å². The number of benzene rings is 1. The lowest BCUT2D eigenvalue weighted by molar-refractivity contribution is -0.148. The van der Waals surface area contributed by atoms with Gasteiger partial charge in [-0.15, -0.1) is 0 Å². The average molecular weight is 250 g/mol. The van der Waals surface area contributed by atoms with Crippen LogP contribution in [-0.4, -0.2) is 28.8 Å². The lowest BCUT2D eigenvalue weighted by atomic mass is 10.00. The topological polar surface area (TPSA) is 49.4 Å². The van der Waals surface area contributed by atoms with Crippen LogP contribution in [0, 0.1) is 5.82 Å². The largest absolute Gasteiger partial charge is 0.341 e. The van der Waals surface area contributed by atoms with Gasteiger partial charge in [0.2, 0.25) is 11.8 Å². The van der Waals surface area contributed by atoms with Gasteiger partial charge >= 0.3 is 0 Å². The number of carbonyl (C=O) groups is 2. The molecule has 4 nitrogen and oxygen atoms in total. The van der Waals surface area contributed by atoms with Crippen molar-refractivity contribution in [2.75, 3.05) is 6.54 Å². The summed E-state index contributed by atoms with van der Waals surface area (Å²) in [5.41, 5.74) is -0.225. The molecule has 0 atom stereocenters. The van der Waals surface area contributed by atoms with Crippen molar-refractivity contribution in [3.8, 4) is 0 Å². The maximum atomic E-state index is 13.1. The lowest BCUT2D eigenvalue weighted by Gasteiger charge is -2.37. The van der Waals surface area contributed by atoms with E-state index in [-0.39, 0.29) is 30.7 Å². The van der Waals surface area contributed by atoms with Crippen molar-refractivity contribution in [2.24, 2.45) is 0 Å². The van der Waals surface area contributed by atoms with Crippen molar-refractivity contribution >= 4 is 11.8 Å². The Balaban J connectivity index is 2.18. The molecule has 0 radical (unpaired) electrons. The molecule has 1 fully saturated rings. The van der Waals surface area contributed by atoms with Gasteiger partial charge in [0.25, 0.3) is 0 Å². The highest BCUT2D eigenvalue weighted by molar-refractivity contribution is 5.97. The predicted octanol–water partition coefficient (Wildman–Crippen LogP) is 1.06. The number of hydrogen-bond donors (Lipinski definition) is 1. The minimum atomic E-state index is -0.900. The summed E-state index contributed by atoms with van der Waals surface area (Å²) < 4.78 is 13.1. The van der Waals surface area contributed by atoms with Crippen LogP contribution in [0.1, 0.15) is 19.4 Å². The van der Waals surface area contributed by atoms with E-state index in [0.29, 0.717) is 5.56 Å². The van der Waals surface area contributed by atoms with Crippen LogP contribution in [0.4, 0.5) is 4.39 Å². The van der Waals surface area contributed by atoms with Crippen molar-refractivity contribution in [2.45, 2.75) is 25.9 Å². The molecule has 2 amide bonds. The third-order valence-corrected chi connectivity index (χ3v) is 2.87. The van der Waals surface area contributed by atoms with Crippen molar-refractivity contribution in [3.63, 3.8) is 0 Å². The number of nitrogens with zero attached hydrogens (tertiary/aromatic N) is 1. The minimum Gasteiger partial charge on any atom is -0.341 e. The number of halogens is 1. The van der Waals surface area contributed by atoms with Crippen molar-refractivity contribution in [3.05, 3.63) is 35.6 Å². The van der Waals surface area contributed by atoms with Gasteiger partial charge in [0.15, 0.2) is 0 Å². The Kier molecular flexibility index (Phi) is 3.07. The van der Waals surface area contributed by atoms with Gasteiger partial charge in [0.1, 0.15) is 11.4 Å². The second-order valence-corrected chi connectivity index (χ2v) is 4.96. The van der Waals surface area contributed by atoms with Crippen molar-refractivity contribution < 1.29 is 14.0 Å². The molecule has 96 valence electrons. The van der Waals surface area contributed by atoms with Crippen LogP contribution >= 0.6 is 0 Å². The summed E-state index contributed by atoms with van der Waals surface area (Å²) in [7, 11) is 0. The molecule has 0 bridgehead atoms. The molecular formula is C13H15FN2O2. The summed E-state index contributed by atoms with van der Waals surface area (Å²) in [5, 5.41) is 2.63. The quantitative estimate of drug-likeness (QED) is 0.853. The van der Waals surface area contributed by atoms with Gasteiger partial charge in [-0.1, -0.05) is 12.1 Å². The summed E-state index contributed by atoms with van der Waals surface area (Å²) in [4.78, 5) is 25.1. The number of amides is 2. The van der Waals surface area contributed by atoms with Crippen LogP contribution < -0.4 is 5.32 Å². The Hall–Kier alpha value is -1.91. The Labute approximate surface area is 105 Å². The molecule has 1 heterocycles. The zero-order valence-corrected chi connectivity index (χ0v) is 10.4. The molecule has 1 aliphatic rings. The molecule has 0 spiro atoms. The highest BCUT2D eigenvalue weighted by Gasteiger charge is 2.38. The molecule has 0 aliphatic carbocycles. The SMILES string of the molecule is CC1(C)NC(=O)CN(Cc2cccc(F)c2)C1=O. The first-order chi connectivity index (χ1) is 8.38. The fourth-order valence-corrected chi connectivity index (χ4v) is 2.07. The van der Waals surface area contributed by atoms with E-state index in [9.17, 15) is 14.0 Å². The monoisotopic (exact) mass is 250 g/mol. The smallest absolute Gasteiger partial charge is 0.248 e. The maximum absolute atomic E-state index is 13.1. The van der Waals surface area contributed by atoms with Crippen LogP contribution in [0.15, 0.2) is 24.3 Å². The molecule has 0 saturated carbocycles. The lowest BCUT2D eigenvalue weighted by Crippen LogP contribution is -2.63.